The molecule has 0 aliphatic heterocycles. The van der Waals surface area contributed by atoms with Gasteiger partial charge in [-0.3, -0.25) is 4.79 Å². The number of benzene rings is 2. The molecule has 1 amide bonds. The zero-order valence-corrected chi connectivity index (χ0v) is 15.0. The van der Waals surface area contributed by atoms with E-state index >= 15 is 0 Å². The molecule has 25 heavy (non-hydrogen) atoms. The Kier molecular flexibility index (Phi) is 4.61. The minimum atomic E-state index is -0.00603. The standard InChI is InChI=1S/C23H27NO/c1-24(22(25)16-21-15-17-12-13-20(21)14-17)23(18-8-4-2-5-9-18)19-10-6-3-7-11-19/h2-11,17,20-21,23H,12-16H2,1H3/t17-,20-,21+/m0/s1. The van der Waals surface area contributed by atoms with Gasteiger partial charge in [-0.2, -0.15) is 0 Å². The molecule has 0 N–H and O–H groups in total. The van der Waals surface area contributed by atoms with E-state index in [1.807, 2.05) is 24.1 Å². The number of carbonyl (C=O) groups is 1. The highest BCUT2D eigenvalue weighted by Crippen LogP contribution is 2.49. The number of fused-ring (bicyclic) bond motifs is 2. The minimum Gasteiger partial charge on any atom is -0.335 e. The molecule has 2 bridgehead atoms. The van der Waals surface area contributed by atoms with Crippen LogP contribution < -0.4 is 0 Å². The summed E-state index contributed by atoms with van der Waals surface area (Å²) in [5.74, 6) is 2.59. The Morgan fingerprint density at radius 3 is 2.04 bits per heavy atom. The maximum atomic E-state index is 13.1. The normalized spacial score (nSPS) is 24.6. The first-order valence-corrected chi connectivity index (χ1v) is 9.58. The summed E-state index contributed by atoms with van der Waals surface area (Å²) < 4.78 is 0. The van der Waals surface area contributed by atoms with E-state index < -0.39 is 0 Å². The topological polar surface area (TPSA) is 20.3 Å². The van der Waals surface area contributed by atoms with Gasteiger partial charge in [0.15, 0.2) is 0 Å². The first-order valence-electron chi connectivity index (χ1n) is 9.58. The monoisotopic (exact) mass is 333 g/mol. The fourth-order valence-corrected chi connectivity index (χ4v) is 5.05. The van der Waals surface area contributed by atoms with Crippen molar-refractivity contribution in [2.45, 2.75) is 38.1 Å². The lowest BCUT2D eigenvalue weighted by molar-refractivity contribution is -0.132. The smallest absolute Gasteiger partial charge is 0.223 e. The van der Waals surface area contributed by atoms with E-state index in [1.54, 1.807) is 0 Å². The van der Waals surface area contributed by atoms with Crippen molar-refractivity contribution in [3.05, 3.63) is 71.8 Å². The molecule has 2 aromatic rings. The molecule has 2 heteroatoms. The summed E-state index contributed by atoms with van der Waals surface area (Å²) in [5, 5.41) is 0. The summed E-state index contributed by atoms with van der Waals surface area (Å²) in [6, 6.07) is 20.8. The second kappa shape index (κ2) is 7.03. The second-order valence-electron chi connectivity index (χ2n) is 7.87. The Labute approximate surface area is 150 Å². The maximum absolute atomic E-state index is 13.1. The molecule has 130 valence electrons. The summed E-state index contributed by atoms with van der Waals surface area (Å²) >= 11 is 0. The lowest BCUT2D eigenvalue weighted by Crippen LogP contribution is -2.34. The molecule has 3 atom stereocenters. The fraction of sp³-hybridized carbons (Fsp3) is 0.435. The van der Waals surface area contributed by atoms with Crippen molar-refractivity contribution in [2.75, 3.05) is 7.05 Å². The van der Waals surface area contributed by atoms with Gasteiger partial charge in [0.05, 0.1) is 6.04 Å². The number of hydrogen-bond donors (Lipinski definition) is 0. The zero-order valence-electron chi connectivity index (χ0n) is 15.0. The van der Waals surface area contributed by atoms with E-state index in [1.165, 1.54) is 36.8 Å². The van der Waals surface area contributed by atoms with Gasteiger partial charge < -0.3 is 4.90 Å². The molecule has 4 rings (SSSR count). The van der Waals surface area contributed by atoms with Crippen molar-refractivity contribution >= 4 is 5.91 Å². The van der Waals surface area contributed by atoms with Crippen LogP contribution in [-0.2, 0) is 4.79 Å². The molecule has 0 unspecified atom stereocenters. The number of hydrogen-bond acceptors (Lipinski definition) is 1. The van der Waals surface area contributed by atoms with Crippen molar-refractivity contribution in [1.29, 1.82) is 0 Å². The number of rotatable bonds is 5. The van der Waals surface area contributed by atoms with Crippen LogP contribution >= 0.6 is 0 Å². The summed E-state index contributed by atoms with van der Waals surface area (Å²) in [6.07, 6.45) is 6.08. The quantitative estimate of drug-likeness (QED) is 0.749. The predicted molar refractivity (Wildman–Crippen MR) is 101 cm³/mol. The van der Waals surface area contributed by atoms with Gasteiger partial charge in [-0.15, -0.1) is 0 Å². The molecule has 2 aromatic carbocycles. The molecule has 0 spiro atoms. The number of carbonyl (C=O) groups excluding carboxylic acids is 1. The van der Waals surface area contributed by atoms with Gasteiger partial charge in [-0.25, -0.2) is 0 Å². The lowest BCUT2D eigenvalue weighted by Gasteiger charge is -2.31. The van der Waals surface area contributed by atoms with Gasteiger partial charge in [0, 0.05) is 13.5 Å². The Morgan fingerprint density at radius 1 is 0.960 bits per heavy atom. The van der Waals surface area contributed by atoms with Crippen molar-refractivity contribution in [1.82, 2.24) is 4.90 Å². The van der Waals surface area contributed by atoms with Crippen LogP contribution in [-0.4, -0.2) is 17.9 Å². The molecule has 2 aliphatic carbocycles. The summed E-state index contributed by atoms with van der Waals surface area (Å²) in [5.41, 5.74) is 2.36. The number of amides is 1. The molecule has 0 aromatic heterocycles. The van der Waals surface area contributed by atoms with Crippen LogP contribution in [0.3, 0.4) is 0 Å². The third-order valence-corrected chi connectivity index (χ3v) is 6.33. The van der Waals surface area contributed by atoms with E-state index in [0.29, 0.717) is 12.3 Å². The predicted octanol–water partition coefficient (Wildman–Crippen LogP) is 5.06. The van der Waals surface area contributed by atoms with Crippen molar-refractivity contribution in [2.24, 2.45) is 17.8 Å². The molecular formula is C23H27NO. The minimum absolute atomic E-state index is 0.00603. The average molecular weight is 333 g/mol. The third-order valence-electron chi connectivity index (χ3n) is 6.33. The highest BCUT2D eigenvalue weighted by molar-refractivity contribution is 5.77. The second-order valence-corrected chi connectivity index (χ2v) is 7.87. The van der Waals surface area contributed by atoms with E-state index in [4.69, 9.17) is 0 Å². The van der Waals surface area contributed by atoms with Gasteiger partial charge >= 0.3 is 0 Å². The lowest BCUT2D eigenvalue weighted by atomic mass is 9.86. The molecule has 2 saturated carbocycles. The highest BCUT2D eigenvalue weighted by atomic mass is 16.2. The van der Waals surface area contributed by atoms with Gasteiger partial charge in [0.1, 0.15) is 0 Å². The summed E-state index contributed by atoms with van der Waals surface area (Å²) in [4.78, 5) is 15.1. The number of nitrogens with zero attached hydrogens (tertiary/aromatic N) is 1. The van der Waals surface area contributed by atoms with Crippen LogP contribution in [0.2, 0.25) is 0 Å². The van der Waals surface area contributed by atoms with Crippen LogP contribution in [0.15, 0.2) is 60.7 Å². The summed E-state index contributed by atoms with van der Waals surface area (Å²) in [7, 11) is 1.97. The average Bonchev–Trinajstić information content (AvgIpc) is 3.27. The van der Waals surface area contributed by atoms with Crippen LogP contribution in [0.1, 0.15) is 49.3 Å². The Hall–Kier alpha value is -2.09. The van der Waals surface area contributed by atoms with Gasteiger partial charge in [-0.05, 0) is 48.1 Å². The Balaban J connectivity index is 1.55. The molecule has 0 radical (unpaired) electrons. The summed E-state index contributed by atoms with van der Waals surface area (Å²) in [6.45, 7) is 0. The Morgan fingerprint density at radius 2 is 1.56 bits per heavy atom. The van der Waals surface area contributed by atoms with Crippen LogP contribution in [0.25, 0.3) is 0 Å². The zero-order chi connectivity index (χ0) is 17.2. The largest absolute Gasteiger partial charge is 0.335 e. The fourth-order valence-electron chi connectivity index (χ4n) is 5.05. The van der Waals surface area contributed by atoms with Gasteiger partial charge in [0.25, 0.3) is 0 Å². The van der Waals surface area contributed by atoms with E-state index in [0.717, 1.165) is 11.8 Å². The third kappa shape index (κ3) is 3.35. The molecule has 2 aliphatic rings. The van der Waals surface area contributed by atoms with Crippen LogP contribution in [0.4, 0.5) is 0 Å². The van der Waals surface area contributed by atoms with Gasteiger partial charge in [0.2, 0.25) is 5.91 Å². The van der Waals surface area contributed by atoms with Gasteiger partial charge in [-0.1, -0.05) is 67.1 Å². The first-order chi connectivity index (χ1) is 12.2. The van der Waals surface area contributed by atoms with E-state index in [9.17, 15) is 4.79 Å². The molecule has 2 fully saturated rings. The van der Waals surface area contributed by atoms with E-state index in [-0.39, 0.29) is 11.9 Å². The molecule has 0 heterocycles. The van der Waals surface area contributed by atoms with Crippen molar-refractivity contribution in [3.63, 3.8) is 0 Å². The first kappa shape index (κ1) is 16.4. The molecular weight excluding hydrogens is 306 g/mol. The Bertz CT molecular complexity index is 672. The van der Waals surface area contributed by atoms with Crippen molar-refractivity contribution in [3.8, 4) is 0 Å². The van der Waals surface area contributed by atoms with Crippen LogP contribution in [0, 0.1) is 17.8 Å². The van der Waals surface area contributed by atoms with Crippen molar-refractivity contribution < 1.29 is 4.79 Å². The molecule has 0 saturated heterocycles. The molecule has 2 nitrogen and oxygen atoms in total. The highest BCUT2D eigenvalue weighted by Gasteiger charge is 2.40. The van der Waals surface area contributed by atoms with Crippen LogP contribution in [0.5, 0.6) is 0 Å². The van der Waals surface area contributed by atoms with E-state index in [2.05, 4.69) is 48.5 Å². The maximum Gasteiger partial charge on any atom is 0.223 e. The SMILES string of the molecule is CN(C(=O)C[C@H]1C[C@H]2CC[C@H]1C2)C(c1ccccc1)c1ccccc1.